The standard InChI is InChI=1S/C17H17ClFNO2/c18-14-6-8-15(9-7-14)22-12-11-20-17(21)10-5-13-3-1-2-4-16(13)19/h1-4,6-9H,5,10-12H2,(H,20,21). The first kappa shape index (κ1) is 16.3. The Labute approximate surface area is 134 Å². The van der Waals surface area contributed by atoms with Gasteiger partial charge < -0.3 is 10.1 Å². The monoisotopic (exact) mass is 321 g/mol. The van der Waals surface area contributed by atoms with Crippen molar-refractivity contribution in [1.29, 1.82) is 0 Å². The predicted molar refractivity (Wildman–Crippen MR) is 84.7 cm³/mol. The van der Waals surface area contributed by atoms with Crippen LogP contribution in [-0.2, 0) is 11.2 Å². The molecule has 2 aromatic carbocycles. The van der Waals surface area contributed by atoms with Crippen molar-refractivity contribution in [2.24, 2.45) is 0 Å². The number of aryl methyl sites for hydroxylation is 1. The fourth-order valence-corrected chi connectivity index (χ4v) is 2.05. The number of hydrogen-bond donors (Lipinski definition) is 1. The molecule has 22 heavy (non-hydrogen) atoms. The van der Waals surface area contributed by atoms with Crippen LogP contribution in [0.15, 0.2) is 48.5 Å². The Kier molecular flexibility index (Phi) is 6.22. The molecule has 0 unspecified atom stereocenters. The van der Waals surface area contributed by atoms with Gasteiger partial charge in [0.15, 0.2) is 0 Å². The molecule has 5 heteroatoms. The van der Waals surface area contributed by atoms with Crippen molar-refractivity contribution in [2.75, 3.05) is 13.2 Å². The molecule has 1 N–H and O–H groups in total. The molecule has 0 radical (unpaired) electrons. The molecule has 0 aliphatic rings. The summed E-state index contributed by atoms with van der Waals surface area (Å²) in [5, 5.41) is 3.39. The molecule has 0 aromatic heterocycles. The van der Waals surface area contributed by atoms with Crippen molar-refractivity contribution >= 4 is 17.5 Å². The molecule has 0 aliphatic heterocycles. The van der Waals surface area contributed by atoms with Crippen LogP contribution in [0.2, 0.25) is 5.02 Å². The lowest BCUT2D eigenvalue weighted by Crippen LogP contribution is -2.28. The molecule has 0 saturated heterocycles. The van der Waals surface area contributed by atoms with Gasteiger partial charge in [-0.25, -0.2) is 4.39 Å². The molecule has 3 nitrogen and oxygen atoms in total. The Hall–Kier alpha value is -2.07. The number of carbonyl (C=O) groups is 1. The molecule has 0 aliphatic carbocycles. The normalized spacial score (nSPS) is 10.3. The molecule has 0 fully saturated rings. The molecule has 2 aromatic rings. The number of benzene rings is 2. The second-order valence-electron chi connectivity index (χ2n) is 4.74. The maximum absolute atomic E-state index is 13.4. The first-order valence-electron chi connectivity index (χ1n) is 7.03. The Morgan fingerprint density at radius 1 is 1.14 bits per heavy atom. The summed E-state index contributed by atoms with van der Waals surface area (Å²) in [6.45, 7) is 0.770. The molecule has 0 bridgehead atoms. The van der Waals surface area contributed by atoms with Gasteiger partial charge in [-0.15, -0.1) is 0 Å². The van der Waals surface area contributed by atoms with Gasteiger partial charge in [0.05, 0.1) is 6.54 Å². The quantitative estimate of drug-likeness (QED) is 0.791. The van der Waals surface area contributed by atoms with Crippen molar-refractivity contribution in [1.82, 2.24) is 5.32 Å². The molecule has 116 valence electrons. The van der Waals surface area contributed by atoms with E-state index in [2.05, 4.69) is 5.32 Å². The molecule has 0 spiro atoms. The highest BCUT2D eigenvalue weighted by molar-refractivity contribution is 6.30. The fourth-order valence-electron chi connectivity index (χ4n) is 1.93. The highest BCUT2D eigenvalue weighted by Gasteiger charge is 2.05. The third-order valence-corrected chi connectivity index (χ3v) is 3.34. The van der Waals surface area contributed by atoms with Crippen LogP contribution < -0.4 is 10.1 Å². The van der Waals surface area contributed by atoms with Crippen molar-refractivity contribution in [3.63, 3.8) is 0 Å². The van der Waals surface area contributed by atoms with Gasteiger partial charge in [0.2, 0.25) is 5.91 Å². The zero-order valence-corrected chi connectivity index (χ0v) is 12.8. The topological polar surface area (TPSA) is 38.3 Å². The van der Waals surface area contributed by atoms with Gasteiger partial charge in [-0.2, -0.15) is 0 Å². The summed E-state index contributed by atoms with van der Waals surface area (Å²) in [5.41, 5.74) is 0.551. The van der Waals surface area contributed by atoms with Crippen LogP contribution in [0, 0.1) is 5.82 Å². The van der Waals surface area contributed by atoms with E-state index in [1.165, 1.54) is 6.07 Å². The fraction of sp³-hybridized carbons (Fsp3) is 0.235. The van der Waals surface area contributed by atoms with E-state index in [1.807, 2.05) is 0 Å². The zero-order chi connectivity index (χ0) is 15.8. The number of amides is 1. The van der Waals surface area contributed by atoms with Gasteiger partial charge >= 0.3 is 0 Å². The van der Waals surface area contributed by atoms with E-state index in [4.69, 9.17) is 16.3 Å². The largest absolute Gasteiger partial charge is 0.492 e. The van der Waals surface area contributed by atoms with Crippen LogP contribution in [0.3, 0.4) is 0 Å². The molecular formula is C17H17ClFNO2. The lowest BCUT2D eigenvalue weighted by atomic mass is 10.1. The van der Waals surface area contributed by atoms with E-state index in [-0.39, 0.29) is 18.1 Å². The summed E-state index contributed by atoms with van der Waals surface area (Å²) in [6.07, 6.45) is 0.637. The van der Waals surface area contributed by atoms with E-state index in [1.54, 1.807) is 42.5 Å². The number of ether oxygens (including phenoxy) is 1. The number of nitrogens with one attached hydrogen (secondary N) is 1. The summed E-state index contributed by atoms with van der Waals surface area (Å²) in [4.78, 5) is 11.7. The third-order valence-electron chi connectivity index (χ3n) is 3.09. The van der Waals surface area contributed by atoms with Gasteiger partial charge in [0, 0.05) is 11.4 Å². The van der Waals surface area contributed by atoms with Crippen molar-refractivity contribution in [3.8, 4) is 5.75 Å². The third kappa shape index (κ3) is 5.37. The van der Waals surface area contributed by atoms with Gasteiger partial charge in [-0.1, -0.05) is 29.8 Å². The van der Waals surface area contributed by atoms with Crippen molar-refractivity contribution < 1.29 is 13.9 Å². The summed E-state index contributed by atoms with van der Waals surface area (Å²) >= 11 is 5.77. The molecule has 0 saturated carbocycles. The summed E-state index contributed by atoms with van der Waals surface area (Å²) in [5.74, 6) is 0.300. The van der Waals surface area contributed by atoms with E-state index < -0.39 is 0 Å². The number of rotatable bonds is 7. The van der Waals surface area contributed by atoms with Gasteiger partial charge in [-0.3, -0.25) is 4.79 Å². The first-order chi connectivity index (χ1) is 10.6. The highest BCUT2D eigenvalue weighted by atomic mass is 35.5. The van der Waals surface area contributed by atoms with Crippen LogP contribution in [0.5, 0.6) is 5.75 Å². The molecule has 1 amide bonds. The molecular weight excluding hydrogens is 305 g/mol. The first-order valence-corrected chi connectivity index (χ1v) is 7.41. The minimum atomic E-state index is -0.277. The SMILES string of the molecule is O=C(CCc1ccccc1F)NCCOc1ccc(Cl)cc1. The summed E-state index contributed by atoms with van der Waals surface area (Å²) < 4.78 is 18.9. The van der Waals surface area contributed by atoms with Crippen LogP contribution in [0.25, 0.3) is 0 Å². The van der Waals surface area contributed by atoms with E-state index in [0.717, 1.165) is 0 Å². The predicted octanol–water partition coefficient (Wildman–Crippen LogP) is 3.61. The van der Waals surface area contributed by atoms with Crippen LogP contribution in [0.1, 0.15) is 12.0 Å². The molecule has 0 heterocycles. The smallest absolute Gasteiger partial charge is 0.220 e. The van der Waals surface area contributed by atoms with E-state index in [9.17, 15) is 9.18 Å². The average molecular weight is 322 g/mol. The zero-order valence-electron chi connectivity index (χ0n) is 12.0. The van der Waals surface area contributed by atoms with Gasteiger partial charge in [0.1, 0.15) is 18.2 Å². The number of halogens is 2. The van der Waals surface area contributed by atoms with Gasteiger partial charge in [-0.05, 0) is 42.3 Å². The van der Waals surface area contributed by atoms with E-state index >= 15 is 0 Å². The Bertz CT molecular complexity index is 616. The maximum Gasteiger partial charge on any atom is 0.220 e. The lowest BCUT2D eigenvalue weighted by Gasteiger charge is -2.08. The molecule has 2 rings (SSSR count). The Morgan fingerprint density at radius 2 is 1.86 bits per heavy atom. The second-order valence-corrected chi connectivity index (χ2v) is 5.18. The minimum Gasteiger partial charge on any atom is -0.492 e. The maximum atomic E-state index is 13.4. The Morgan fingerprint density at radius 3 is 2.59 bits per heavy atom. The van der Waals surface area contributed by atoms with Crippen LogP contribution in [0.4, 0.5) is 4.39 Å². The lowest BCUT2D eigenvalue weighted by molar-refractivity contribution is -0.121. The summed E-state index contributed by atoms with van der Waals surface area (Å²) in [6, 6.07) is 13.5. The molecule has 0 atom stereocenters. The number of carbonyl (C=O) groups excluding carboxylic acids is 1. The van der Waals surface area contributed by atoms with E-state index in [0.29, 0.717) is 35.9 Å². The van der Waals surface area contributed by atoms with Crippen LogP contribution in [-0.4, -0.2) is 19.1 Å². The second kappa shape index (κ2) is 8.39. The minimum absolute atomic E-state index is 0.122. The summed E-state index contributed by atoms with van der Waals surface area (Å²) in [7, 11) is 0. The highest BCUT2D eigenvalue weighted by Crippen LogP contribution is 2.15. The van der Waals surface area contributed by atoms with Crippen molar-refractivity contribution in [2.45, 2.75) is 12.8 Å². The Balaban J connectivity index is 1.64. The average Bonchev–Trinajstić information content (AvgIpc) is 2.52. The van der Waals surface area contributed by atoms with Crippen LogP contribution >= 0.6 is 11.6 Å². The number of hydrogen-bond acceptors (Lipinski definition) is 2. The van der Waals surface area contributed by atoms with Crippen molar-refractivity contribution in [3.05, 3.63) is 64.9 Å². The van der Waals surface area contributed by atoms with Gasteiger partial charge in [0.25, 0.3) is 0 Å².